The van der Waals surface area contributed by atoms with Crippen LogP contribution in [0.2, 0.25) is 20.1 Å². The highest BCUT2D eigenvalue weighted by molar-refractivity contribution is 7.92. The van der Waals surface area contributed by atoms with E-state index in [1.165, 1.54) is 6.07 Å². The molecule has 0 aromatic heterocycles. The molecular formula is C21H15Cl4F3N2O4S. The molecule has 1 fully saturated rings. The summed E-state index contributed by atoms with van der Waals surface area (Å²) in [5.41, 5.74) is -3.34. The summed E-state index contributed by atoms with van der Waals surface area (Å²) in [6.07, 6.45) is -4.11. The molecule has 6 nitrogen and oxygen atoms in total. The standard InChI is InChI=1S/C21H15Cl4F3N2O4S/c22-13-5-10(1-4-17(13)35(32,33)9-18(31)29-12-2-3-12)16-8-20(34-30-16,21(26,27)28)11-6-14(23)19(25)15(24)7-11/h1,4-7,12H,2-3,8-9H2,(H,29,31). The molecule has 2 aromatic rings. The fourth-order valence-electron chi connectivity index (χ4n) is 3.53. The summed E-state index contributed by atoms with van der Waals surface area (Å²) < 4.78 is 67.9. The van der Waals surface area contributed by atoms with Gasteiger partial charge in [0.25, 0.3) is 5.60 Å². The van der Waals surface area contributed by atoms with Crippen molar-refractivity contribution in [1.82, 2.24) is 5.32 Å². The van der Waals surface area contributed by atoms with Crippen molar-refractivity contribution in [3.63, 3.8) is 0 Å². The number of benzene rings is 2. The molecule has 2 aromatic carbocycles. The van der Waals surface area contributed by atoms with E-state index in [1.807, 2.05) is 0 Å². The molecule has 188 valence electrons. The van der Waals surface area contributed by atoms with Crippen LogP contribution in [0.3, 0.4) is 0 Å². The Labute approximate surface area is 218 Å². The lowest BCUT2D eigenvalue weighted by molar-refractivity contribution is -0.275. The van der Waals surface area contributed by atoms with Crippen molar-refractivity contribution in [2.45, 2.75) is 42.0 Å². The summed E-state index contributed by atoms with van der Waals surface area (Å²) in [5, 5.41) is 5.41. The van der Waals surface area contributed by atoms with E-state index in [0.717, 1.165) is 37.1 Å². The van der Waals surface area contributed by atoms with Crippen molar-refractivity contribution in [2.75, 3.05) is 5.75 Å². The normalized spacial score (nSPS) is 20.4. The van der Waals surface area contributed by atoms with Gasteiger partial charge in [0, 0.05) is 23.6 Å². The average molecular weight is 590 g/mol. The Morgan fingerprint density at radius 1 is 1.09 bits per heavy atom. The minimum atomic E-state index is -4.93. The Balaban J connectivity index is 1.61. The van der Waals surface area contributed by atoms with Crippen LogP contribution in [-0.2, 0) is 25.1 Å². The molecule has 1 heterocycles. The molecule has 4 rings (SSSR count). The molecule has 35 heavy (non-hydrogen) atoms. The molecule has 1 aliphatic heterocycles. The van der Waals surface area contributed by atoms with E-state index in [0.29, 0.717) is 0 Å². The van der Waals surface area contributed by atoms with Crippen LogP contribution in [0.4, 0.5) is 13.2 Å². The maximum Gasteiger partial charge on any atom is 0.435 e. The molecule has 1 unspecified atom stereocenters. The topological polar surface area (TPSA) is 84.8 Å². The minimum absolute atomic E-state index is 0.0183. The second-order valence-corrected chi connectivity index (χ2v) is 11.7. The highest BCUT2D eigenvalue weighted by atomic mass is 35.5. The second kappa shape index (κ2) is 9.30. The van der Waals surface area contributed by atoms with Crippen molar-refractivity contribution in [3.05, 3.63) is 61.5 Å². The number of hydrogen-bond donors (Lipinski definition) is 1. The molecule has 14 heteroatoms. The van der Waals surface area contributed by atoms with Crippen molar-refractivity contribution in [1.29, 1.82) is 0 Å². The number of hydrogen-bond acceptors (Lipinski definition) is 5. The maximum absolute atomic E-state index is 14.2. The Morgan fingerprint density at radius 3 is 2.26 bits per heavy atom. The molecule has 1 aliphatic carbocycles. The van der Waals surface area contributed by atoms with Crippen LogP contribution < -0.4 is 5.32 Å². The molecule has 0 radical (unpaired) electrons. The first-order chi connectivity index (χ1) is 16.2. The zero-order valence-electron chi connectivity index (χ0n) is 17.4. The van der Waals surface area contributed by atoms with Crippen LogP contribution in [0.1, 0.15) is 30.4 Å². The van der Waals surface area contributed by atoms with E-state index in [4.69, 9.17) is 51.2 Å². The van der Waals surface area contributed by atoms with E-state index in [2.05, 4.69) is 10.5 Å². The Morgan fingerprint density at radius 2 is 1.71 bits per heavy atom. The fourth-order valence-corrected chi connectivity index (χ4v) is 5.87. The van der Waals surface area contributed by atoms with Gasteiger partial charge in [0.15, 0.2) is 9.84 Å². The molecule has 0 spiro atoms. The average Bonchev–Trinajstić information content (AvgIpc) is 3.42. The lowest BCUT2D eigenvalue weighted by atomic mass is 9.86. The number of sulfone groups is 1. The van der Waals surface area contributed by atoms with E-state index in [-0.39, 0.29) is 42.3 Å². The van der Waals surface area contributed by atoms with Crippen LogP contribution >= 0.6 is 46.4 Å². The van der Waals surface area contributed by atoms with Gasteiger partial charge in [-0.15, -0.1) is 0 Å². The molecular weight excluding hydrogens is 575 g/mol. The van der Waals surface area contributed by atoms with Crippen LogP contribution in [0.25, 0.3) is 0 Å². The van der Waals surface area contributed by atoms with Crippen molar-refractivity contribution < 1.29 is 31.2 Å². The van der Waals surface area contributed by atoms with Gasteiger partial charge < -0.3 is 10.2 Å². The molecule has 1 saturated carbocycles. The summed E-state index contributed by atoms with van der Waals surface area (Å²) >= 11 is 23.9. The predicted octanol–water partition coefficient (Wildman–Crippen LogP) is 5.93. The number of nitrogens with zero attached hydrogens (tertiary/aromatic N) is 1. The van der Waals surface area contributed by atoms with E-state index < -0.39 is 45.3 Å². The summed E-state index contributed by atoms with van der Waals surface area (Å²) in [6.45, 7) is 0. The van der Waals surface area contributed by atoms with Crippen molar-refractivity contribution in [2.24, 2.45) is 5.16 Å². The number of rotatable bonds is 6. The summed E-state index contributed by atoms with van der Waals surface area (Å²) in [6, 6.07) is 5.49. The lowest BCUT2D eigenvalue weighted by Crippen LogP contribution is -2.42. The van der Waals surface area contributed by atoms with Gasteiger partial charge in [0.05, 0.1) is 30.7 Å². The van der Waals surface area contributed by atoms with Crippen LogP contribution in [0, 0.1) is 0 Å². The third-order valence-electron chi connectivity index (χ3n) is 5.50. The van der Waals surface area contributed by atoms with Crippen LogP contribution in [0.15, 0.2) is 40.4 Å². The smallest absolute Gasteiger partial charge is 0.374 e. The first-order valence-corrected chi connectivity index (χ1v) is 13.2. The quantitative estimate of drug-likeness (QED) is 0.423. The van der Waals surface area contributed by atoms with E-state index >= 15 is 0 Å². The van der Waals surface area contributed by atoms with Crippen LogP contribution in [-0.4, -0.2) is 38.0 Å². The Bertz CT molecular complexity index is 1320. The molecule has 2 aliphatic rings. The largest absolute Gasteiger partial charge is 0.435 e. The van der Waals surface area contributed by atoms with Crippen molar-refractivity contribution >= 4 is 67.9 Å². The third-order valence-corrected chi connectivity index (χ3v) is 8.79. The zero-order chi connectivity index (χ0) is 25.8. The zero-order valence-corrected chi connectivity index (χ0v) is 21.3. The third kappa shape index (κ3) is 5.22. The number of nitrogens with one attached hydrogen (secondary N) is 1. The number of oxime groups is 1. The molecule has 1 N–H and O–H groups in total. The molecule has 0 bridgehead atoms. The van der Waals surface area contributed by atoms with Gasteiger partial charge >= 0.3 is 6.18 Å². The molecule has 1 amide bonds. The Hall–Kier alpha value is -1.72. The van der Waals surface area contributed by atoms with Gasteiger partial charge in [-0.2, -0.15) is 13.2 Å². The van der Waals surface area contributed by atoms with Crippen LogP contribution in [0.5, 0.6) is 0 Å². The number of halogens is 7. The van der Waals surface area contributed by atoms with Gasteiger partial charge in [-0.25, -0.2) is 8.42 Å². The summed E-state index contributed by atoms with van der Waals surface area (Å²) in [4.78, 5) is 16.5. The van der Waals surface area contributed by atoms with E-state index in [9.17, 15) is 26.4 Å². The summed E-state index contributed by atoms with van der Waals surface area (Å²) in [5.74, 6) is -1.46. The highest BCUT2D eigenvalue weighted by Crippen LogP contribution is 2.50. The van der Waals surface area contributed by atoms with Gasteiger partial charge in [0.2, 0.25) is 5.91 Å². The molecule has 1 atom stereocenters. The second-order valence-electron chi connectivity index (χ2n) is 8.13. The van der Waals surface area contributed by atoms with Crippen molar-refractivity contribution in [3.8, 4) is 0 Å². The fraction of sp³-hybridized carbons (Fsp3) is 0.333. The first-order valence-electron chi connectivity index (χ1n) is 10.0. The summed E-state index contributed by atoms with van der Waals surface area (Å²) in [7, 11) is -4.09. The maximum atomic E-state index is 14.2. The van der Waals surface area contributed by atoms with Gasteiger partial charge in [-0.3, -0.25) is 4.79 Å². The lowest BCUT2D eigenvalue weighted by Gasteiger charge is -2.30. The SMILES string of the molecule is O=C(CS(=O)(=O)c1ccc(C2=NOC(c3cc(Cl)c(Cl)c(Cl)c3)(C(F)(F)F)C2)cc1Cl)NC1CC1. The van der Waals surface area contributed by atoms with Gasteiger partial charge in [0.1, 0.15) is 5.75 Å². The number of amides is 1. The van der Waals surface area contributed by atoms with Gasteiger partial charge in [-0.1, -0.05) is 57.6 Å². The predicted molar refractivity (Wildman–Crippen MR) is 126 cm³/mol. The Kier molecular flexibility index (Phi) is 7.00. The minimum Gasteiger partial charge on any atom is -0.374 e. The highest BCUT2D eigenvalue weighted by Gasteiger charge is 2.62. The molecule has 0 saturated heterocycles. The van der Waals surface area contributed by atoms with E-state index in [1.54, 1.807) is 0 Å². The first kappa shape index (κ1) is 26.3. The van der Waals surface area contributed by atoms with Gasteiger partial charge in [-0.05, 0) is 37.1 Å². The monoisotopic (exact) mass is 588 g/mol. The number of alkyl halides is 3. The number of carbonyl (C=O) groups is 1. The number of carbonyl (C=O) groups excluding carboxylic acids is 1.